The molecule has 0 heterocycles. The molecule has 10 heteroatoms. The molecule has 0 radical (unpaired) electrons. The third kappa shape index (κ3) is 14.9. The molecule has 0 spiro atoms. The monoisotopic (exact) mass is 835 g/mol. The van der Waals surface area contributed by atoms with Crippen molar-refractivity contribution in [3.63, 3.8) is 0 Å². The lowest BCUT2D eigenvalue weighted by atomic mass is 9.47. The molecule has 0 saturated heterocycles. The molecule has 3 saturated carbocycles. The Morgan fingerprint density at radius 3 is 2.20 bits per heavy atom. The van der Waals surface area contributed by atoms with E-state index in [0.29, 0.717) is 18.5 Å². The second-order valence-corrected chi connectivity index (χ2v) is 20.5. The molecule has 0 aliphatic heterocycles. The quantitative estimate of drug-likeness (QED) is 0.0640. The van der Waals surface area contributed by atoms with Crippen LogP contribution in [0.2, 0.25) is 0 Å². The molecule has 3 fully saturated rings. The number of rotatable bonds is 20. The van der Waals surface area contributed by atoms with Crippen LogP contribution in [-0.2, 0) is 14.3 Å². The Morgan fingerprint density at radius 1 is 0.855 bits per heavy atom. The number of hydrogen-bond donors (Lipinski definition) is 3. The predicted octanol–water partition coefficient (Wildman–Crippen LogP) is 10.4. The van der Waals surface area contributed by atoms with Crippen molar-refractivity contribution in [2.75, 3.05) is 26.2 Å². The summed E-state index contributed by atoms with van der Waals surface area (Å²) in [6.07, 6.45) is 20.3. The highest BCUT2D eigenvalue weighted by Crippen LogP contribution is 2.67. The molecule has 0 aromatic carbocycles. The highest BCUT2D eigenvalue weighted by molar-refractivity contribution is 5.86. The maximum absolute atomic E-state index is 13.4. The molecule has 7 nitrogen and oxygen atoms in total. The standard InChI is InChI=1S/C45H82N4O3.3ClH/c1-32(2)13-12-14-33(3)37-17-18-38-36-16-15-34-31-35(21-23-44(34,8)39(36)22-24-45(37,38)9)52-41(51)20-19-40(50)49(30-26-43(6,7)47)29-11-10-27-48-28-25-42(4,5)46;;;/h15,32-33,35-39,48H,10-14,16-31,46-47H2,1-9H3;3*1H. The van der Waals surface area contributed by atoms with Crippen molar-refractivity contribution in [2.24, 2.45) is 57.8 Å². The van der Waals surface area contributed by atoms with Gasteiger partial charge >= 0.3 is 5.97 Å². The summed E-state index contributed by atoms with van der Waals surface area (Å²) < 4.78 is 6.11. The van der Waals surface area contributed by atoms with Gasteiger partial charge in [-0.2, -0.15) is 0 Å². The molecule has 8 unspecified atom stereocenters. The number of esters is 1. The number of carbonyl (C=O) groups excluding carboxylic acids is 2. The topological polar surface area (TPSA) is 111 Å². The van der Waals surface area contributed by atoms with Gasteiger partial charge in [-0.1, -0.05) is 65.5 Å². The molecule has 4 aliphatic carbocycles. The summed E-state index contributed by atoms with van der Waals surface area (Å²) in [6, 6.07) is 0. The number of nitrogens with zero attached hydrogens (tertiary/aromatic N) is 1. The fourth-order valence-electron chi connectivity index (χ4n) is 11.2. The summed E-state index contributed by atoms with van der Waals surface area (Å²) in [5, 5.41) is 3.47. The average molecular weight is 837 g/mol. The molecule has 0 bridgehead atoms. The van der Waals surface area contributed by atoms with Crippen LogP contribution in [0.15, 0.2) is 11.6 Å². The van der Waals surface area contributed by atoms with Crippen LogP contribution >= 0.6 is 37.2 Å². The first kappa shape index (κ1) is 52.4. The highest BCUT2D eigenvalue weighted by Gasteiger charge is 2.59. The first-order valence-electron chi connectivity index (χ1n) is 21.8. The summed E-state index contributed by atoms with van der Waals surface area (Å²) in [4.78, 5) is 28.4. The third-order valence-electron chi connectivity index (χ3n) is 14.5. The molecular weight excluding hydrogens is 751 g/mol. The lowest BCUT2D eigenvalue weighted by Gasteiger charge is -2.58. The Kier molecular flexibility index (Phi) is 21.7. The molecule has 1 amide bonds. The van der Waals surface area contributed by atoms with Crippen LogP contribution in [0.3, 0.4) is 0 Å². The van der Waals surface area contributed by atoms with Crippen molar-refractivity contribution in [3.05, 3.63) is 11.6 Å². The first-order chi connectivity index (χ1) is 24.3. The molecule has 4 rings (SSSR count). The van der Waals surface area contributed by atoms with Crippen LogP contribution in [0.5, 0.6) is 0 Å². The number of amides is 1. The molecule has 4 aliphatic rings. The molecule has 324 valence electrons. The van der Waals surface area contributed by atoms with Gasteiger partial charge in [0.25, 0.3) is 0 Å². The molecule has 0 aromatic heterocycles. The summed E-state index contributed by atoms with van der Waals surface area (Å²) in [7, 11) is 0. The Hall–Kier alpha value is -0.570. The number of unbranched alkanes of at least 4 members (excludes halogenated alkanes) is 1. The van der Waals surface area contributed by atoms with E-state index in [9.17, 15) is 9.59 Å². The van der Waals surface area contributed by atoms with Crippen LogP contribution in [0.4, 0.5) is 0 Å². The number of nitrogens with one attached hydrogen (secondary N) is 1. The van der Waals surface area contributed by atoms with Gasteiger partial charge < -0.3 is 26.4 Å². The number of halogens is 3. The van der Waals surface area contributed by atoms with Gasteiger partial charge in [-0.05, 0) is 158 Å². The normalized spacial score (nSPS) is 29.3. The highest BCUT2D eigenvalue weighted by atomic mass is 35.5. The summed E-state index contributed by atoms with van der Waals surface area (Å²) >= 11 is 0. The van der Waals surface area contributed by atoms with E-state index >= 15 is 0 Å². The zero-order valence-corrected chi connectivity index (χ0v) is 39.0. The van der Waals surface area contributed by atoms with E-state index in [2.05, 4.69) is 46.0 Å². The number of hydrogen-bond acceptors (Lipinski definition) is 6. The zero-order chi connectivity index (χ0) is 38.3. The van der Waals surface area contributed by atoms with Gasteiger partial charge in [-0.3, -0.25) is 9.59 Å². The molecule has 8 atom stereocenters. The predicted molar refractivity (Wildman–Crippen MR) is 238 cm³/mol. The van der Waals surface area contributed by atoms with Crippen LogP contribution < -0.4 is 16.8 Å². The first-order valence-corrected chi connectivity index (χ1v) is 21.8. The van der Waals surface area contributed by atoms with Crippen LogP contribution in [0.25, 0.3) is 0 Å². The molecule has 5 N–H and O–H groups in total. The Labute approximate surface area is 356 Å². The largest absolute Gasteiger partial charge is 0.462 e. The fourth-order valence-corrected chi connectivity index (χ4v) is 11.2. The minimum absolute atomic E-state index is 0. The second-order valence-electron chi connectivity index (χ2n) is 20.5. The van der Waals surface area contributed by atoms with Gasteiger partial charge in [0.05, 0.1) is 6.42 Å². The molecule has 55 heavy (non-hydrogen) atoms. The van der Waals surface area contributed by atoms with Crippen molar-refractivity contribution < 1.29 is 14.3 Å². The minimum atomic E-state index is -0.348. The lowest BCUT2D eigenvalue weighted by molar-refractivity contribution is -0.153. The summed E-state index contributed by atoms with van der Waals surface area (Å²) in [5.41, 5.74) is 14.1. The van der Waals surface area contributed by atoms with E-state index < -0.39 is 0 Å². The van der Waals surface area contributed by atoms with E-state index in [-0.39, 0.29) is 84.5 Å². The van der Waals surface area contributed by atoms with Crippen molar-refractivity contribution in [1.82, 2.24) is 10.2 Å². The van der Waals surface area contributed by atoms with Crippen molar-refractivity contribution in [2.45, 2.75) is 189 Å². The van der Waals surface area contributed by atoms with Gasteiger partial charge in [0.2, 0.25) is 5.91 Å². The number of nitrogens with two attached hydrogens (primary N) is 2. The maximum atomic E-state index is 13.4. The Bertz CT molecular complexity index is 1200. The van der Waals surface area contributed by atoms with Crippen molar-refractivity contribution >= 4 is 49.1 Å². The van der Waals surface area contributed by atoms with E-state index in [1.807, 2.05) is 32.6 Å². The second kappa shape index (κ2) is 22.7. The lowest BCUT2D eigenvalue weighted by Crippen LogP contribution is -2.51. The maximum Gasteiger partial charge on any atom is 0.306 e. The zero-order valence-electron chi connectivity index (χ0n) is 36.5. The molecular formula is C45H85Cl3N4O3. The fraction of sp³-hybridized carbons (Fsp3) is 0.911. The van der Waals surface area contributed by atoms with Gasteiger partial charge in [-0.25, -0.2) is 0 Å². The Morgan fingerprint density at radius 2 is 1.55 bits per heavy atom. The van der Waals surface area contributed by atoms with Crippen molar-refractivity contribution in [3.8, 4) is 0 Å². The average Bonchev–Trinajstić information content (AvgIpc) is 3.41. The van der Waals surface area contributed by atoms with Crippen LogP contribution in [0, 0.1) is 46.3 Å². The van der Waals surface area contributed by atoms with E-state index in [4.69, 9.17) is 16.2 Å². The number of allylic oxidation sites excluding steroid dienone is 1. The van der Waals surface area contributed by atoms with E-state index in [1.54, 1.807) is 5.57 Å². The van der Waals surface area contributed by atoms with Crippen LogP contribution in [0.1, 0.15) is 171 Å². The third-order valence-corrected chi connectivity index (χ3v) is 14.5. The minimum Gasteiger partial charge on any atom is -0.462 e. The SMILES string of the molecule is CC(C)CCCC(C)C1CCC2C3CC=C4CC(OC(=O)CCC(=O)N(CCCCNCCC(C)(C)N)CCC(C)(C)N)CCC4(C)C3CCC12C.Cl.Cl.Cl. The molecule has 0 aromatic rings. The van der Waals surface area contributed by atoms with Gasteiger partial charge in [0.15, 0.2) is 0 Å². The number of carbonyl (C=O) groups is 2. The van der Waals surface area contributed by atoms with Crippen molar-refractivity contribution in [1.29, 1.82) is 0 Å². The summed E-state index contributed by atoms with van der Waals surface area (Å²) in [6.45, 7) is 23.7. The smallest absolute Gasteiger partial charge is 0.306 e. The number of ether oxygens (including phenoxy) is 1. The van der Waals surface area contributed by atoms with Crippen LogP contribution in [-0.4, -0.2) is 60.1 Å². The van der Waals surface area contributed by atoms with E-state index in [1.165, 1.54) is 51.4 Å². The van der Waals surface area contributed by atoms with Gasteiger partial charge in [0, 0.05) is 37.0 Å². The van der Waals surface area contributed by atoms with Gasteiger partial charge in [-0.15, -0.1) is 37.2 Å². The Balaban J connectivity index is 0.00000504. The van der Waals surface area contributed by atoms with E-state index in [0.717, 1.165) is 93.5 Å². The number of fused-ring (bicyclic) bond motifs is 5. The summed E-state index contributed by atoms with van der Waals surface area (Å²) in [5.74, 6) is 4.75. The van der Waals surface area contributed by atoms with Gasteiger partial charge in [0.1, 0.15) is 6.10 Å².